The third kappa shape index (κ3) is 5.64. The van der Waals surface area contributed by atoms with Crippen LogP contribution < -0.4 is 0 Å². The molecule has 254 valence electrons. The summed E-state index contributed by atoms with van der Waals surface area (Å²) < 4.78 is 0. The van der Waals surface area contributed by atoms with Gasteiger partial charge in [-0.2, -0.15) is 0 Å². The van der Waals surface area contributed by atoms with Crippen LogP contribution in [-0.2, 0) is 0 Å². The molecule has 54 heavy (non-hydrogen) atoms. The molecule has 2 bridgehead atoms. The van der Waals surface area contributed by atoms with E-state index in [2.05, 4.69) is 84.3 Å². The predicted molar refractivity (Wildman–Crippen MR) is 211 cm³/mol. The number of hydrogen-bond acceptors (Lipinski definition) is 2. The zero-order valence-electron chi connectivity index (χ0n) is 28.9. The van der Waals surface area contributed by atoms with E-state index in [9.17, 15) is 19.8 Å². The molecule has 0 fully saturated rings. The molecule has 0 heterocycles. The second-order valence-corrected chi connectivity index (χ2v) is 13.5. The lowest BCUT2D eigenvalue weighted by Crippen LogP contribution is -2.27. The van der Waals surface area contributed by atoms with E-state index in [1.807, 2.05) is 72.8 Å². The fourth-order valence-electron chi connectivity index (χ4n) is 8.01. The number of benzene rings is 7. The van der Waals surface area contributed by atoms with E-state index in [-0.39, 0.29) is 23.0 Å². The van der Waals surface area contributed by atoms with E-state index in [4.69, 9.17) is 0 Å². The molecule has 0 saturated carbocycles. The van der Waals surface area contributed by atoms with Gasteiger partial charge in [0.25, 0.3) is 0 Å². The third-order valence-electron chi connectivity index (χ3n) is 10.5. The molecule has 7 aromatic rings. The molecule has 2 N–H and O–H groups in total. The van der Waals surface area contributed by atoms with Crippen LogP contribution in [0.25, 0.3) is 22.3 Å². The highest BCUT2D eigenvalue weighted by Crippen LogP contribution is 2.56. The minimum atomic E-state index is -0.964. The second kappa shape index (κ2) is 13.3. The summed E-state index contributed by atoms with van der Waals surface area (Å²) in [4.78, 5) is 23.7. The molecule has 0 aliphatic heterocycles. The van der Waals surface area contributed by atoms with Crippen molar-refractivity contribution in [3.8, 4) is 45.9 Å². The Morgan fingerprint density at radius 3 is 1.07 bits per heavy atom. The summed E-state index contributed by atoms with van der Waals surface area (Å²) in [5.74, 6) is 11.9. The largest absolute Gasteiger partial charge is 0.478 e. The first-order valence-electron chi connectivity index (χ1n) is 17.7. The van der Waals surface area contributed by atoms with Gasteiger partial charge in [-0.05, 0) is 104 Å². The van der Waals surface area contributed by atoms with Crippen molar-refractivity contribution >= 4 is 11.9 Å². The predicted octanol–water partition coefficient (Wildman–Crippen LogP) is 10.2. The maximum atomic E-state index is 11.8. The van der Waals surface area contributed by atoms with Crippen LogP contribution in [0.15, 0.2) is 158 Å². The fourth-order valence-corrected chi connectivity index (χ4v) is 8.01. The number of hydrogen-bond donors (Lipinski definition) is 2. The third-order valence-corrected chi connectivity index (χ3v) is 10.5. The minimum Gasteiger partial charge on any atom is -0.478 e. The van der Waals surface area contributed by atoms with Crippen LogP contribution in [0.3, 0.4) is 0 Å². The van der Waals surface area contributed by atoms with Crippen molar-refractivity contribution in [3.63, 3.8) is 0 Å². The second-order valence-electron chi connectivity index (χ2n) is 13.5. The van der Waals surface area contributed by atoms with Crippen LogP contribution in [0.5, 0.6) is 0 Å². The van der Waals surface area contributed by atoms with Crippen LogP contribution in [0, 0.1) is 23.7 Å². The molecule has 0 radical (unpaired) electrons. The summed E-state index contributed by atoms with van der Waals surface area (Å²) in [6.07, 6.45) is 0. The lowest BCUT2D eigenvalue weighted by Gasteiger charge is -2.42. The van der Waals surface area contributed by atoms with Gasteiger partial charge in [-0.1, -0.05) is 133 Å². The molecule has 0 unspecified atom stereocenters. The molecular formula is C50H30O4. The minimum absolute atomic E-state index is 0.0924. The van der Waals surface area contributed by atoms with Crippen molar-refractivity contribution < 1.29 is 19.8 Å². The molecule has 0 amide bonds. The van der Waals surface area contributed by atoms with E-state index in [0.717, 1.165) is 33.4 Å². The van der Waals surface area contributed by atoms with Gasteiger partial charge >= 0.3 is 11.9 Å². The molecule has 0 saturated heterocycles. The number of rotatable bonds is 4. The number of carboxylic acids is 2. The van der Waals surface area contributed by atoms with Gasteiger partial charge < -0.3 is 10.2 Å². The topological polar surface area (TPSA) is 74.6 Å². The van der Waals surface area contributed by atoms with Gasteiger partial charge in [0, 0.05) is 34.1 Å². The first-order valence-corrected chi connectivity index (χ1v) is 17.7. The summed E-state index contributed by atoms with van der Waals surface area (Å²) in [5, 5.41) is 19.4. The molecule has 7 aromatic carbocycles. The Morgan fingerprint density at radius 2 is 0.722 bits per heavy atom. The summed E-state index contributed by atoms with van der Waals surface area (Å²) >= 11 is 0. The molecule has 0 atom stereocenters. The summed E-state index contributed by atoms with van der Waals surface area (Å²) in [6.45, 7) is 0. The molecule has 4 nitrogen and oxygen atoms in total. The number of carbonyl (C=O) groups is 2. The molecule has 10 rings (SSSR count). The molecule has 0 spiro atoms. The molecule has 3 aliphatic rings. The zero-order valence-corrected chi connectivity index (χ0v) is 28.9. The van der Waals surface area contributed by atoms with Gasteiger partial charge in [-0.25, -0.2) is 9.59 Å². The standard InChI is InChI=1S/C50H30O4/c51-49(52)43-15-7-1-9-37(43)33-23-17-31(18-24-33)21-27-35-29-45-46(48-41-13-5-3-11-39(41)47(45)40-12-4-6-14-42(40)48)30-36(35)28-22-32-19-25-34(26-20-32)38-10-2-8-16-44(38)50(53)54/h1-20,23-26,29-30,47-48H,(H,51,52)(H,53,54). The van der Waals surface area contributed by atoms with Gasteiger partial charge in [0.2, 0.25) is 0 Å². The van der Waals surface area contributed by atoms with Crippen LogP contribution >= 0.6 is 0 Å². The Balaban J connectivity index is 1.13. The highest BCUT2D eigenvalue weighted by Gasteiger charge is 2.41. The molecule has 3 aliphatic carbocycles. The van der Waals surface area contributed by atoms with Crippen LogP contribution in [0.1, 0.15) is 88.2 Å². The van der Waals surface area contributed by atoms with Gasteiger partial charge in [-0.3, -0.25) is 0 Å². The van der Waals surface area contributed by atoms with Crippen LogP contribution in [0.4, 0.5) is 0 Å². The highest BCUT2D eigenvalue weighted by atomic mass is 16.4. The van der Waals surface area contributed by atoms with Gasteiger partial charge in [0.05, 0.1) is 11.1 Å². The van der Waals surface area contributed by atoms with E-state index in [1.165, 1.54) is 33.4 Å². The van der Waals surface area contributed by atoms with Gasteiger partial charge in [0.1, 0.15) is 0 Å². The van der Waals surface area contributed by atoms with Crippen molar-refractivity contribution in [3.05, 3.63) is 224 Å². The van der Waals surface area contributed by atoms with Crippen molar-refractivity contribution in [2.75, 3.05) is 0 Å². The fraction of sp³-hybridized carbons (Fsp3) is 0.0400. The highest BCUT2D eigenvalue weighted by molar-refractivity contribution is 5.96. The maximum absolute atomic E-state index is 11.8. The van der Waals surface area contributed by atoms with Crippen LogP contribution in [0.2, 0.25) is 0 Å². The lowest BCUT2D eigenvalue weighted by atomic mass is 9.60. The van der Waals surface area contributed by atoms with Crippen LogP contribution in [-0.4, -0.2) is 22.2 Å². The number of aromatic carboxylic acids is 2. The Labute approximate surface area is 313 Å². The lowest BCUT2D eigenvalue weighted by molar-refractivity contribution is 0.0687. The van der Waals surface area contributed by atoms with E-state index < -0.39 is 11.9 Å². The first kappa shape index (κ1) is 32.5. The Kier molecular flexibility index (Phi) is 8.00. The zero-order chi connectivity index (χ0) is 36.8. The smallest absolute Gasteiger partial charge is 0.336 e. The van der Waals surface area contributed by atoms with Gasteiger partial charge in [0.15, 0.2) is 0 Å². The van der Waals surface area contributed by atoms with Crippen molar-refractivity contribution in [2.24, 2.45) is 0 Å². The van der Waals surface area contributed by atoms with Gasteiger partial charge in [-0.15, -0.1) is 0 Å². The monoisotopic (exact) mass is 694 g/mol. The summed E-state index contributed by atoms with van der Waals surface area (Å²) in [5.41, 5.74) is 14.5. The molecule has 0 aromatic heterocycles. The Hall–Kier alpha value is -7.40. The Morgan fingerprint density at radius 1 is 0.389 bits per heavy atom. The van der Waals surface area contributed by atoms with E-state index in [0.29, 0.717) is 11.1 Å². The number of carboxylic acid groups (broad SMARTS) is 2. The van der Waals surface area contributed by atoms with Crippen molar-refractivity contribution in [2.45, 2.75) is 11.8 Å². The first-order chi connectivity index (χ1) is 26.4. The molecular weight excluding hydrogens is 665 g/mol. The normalized spacial score (nSPS) is 14.3. The average Bonchev–Trinajstić information content (AvgIpc) is 3.22. The van der Waals surface area contributed by atoms with E-state index >= 15 is 0 Å². The van der Waals surface area contributed by atoms with Crippen molar-refractivity contribution in [1.82, 2.24) is 0 Å². The Bertz CT molecular complexity index is 2550. The van der Waals surface area contributed by atoms with Crippen molar-refractivity contribution in [1.29, 1.82) is 0 Å². The van der Waals surface area contributed by atoms with E-state index in [1.54, 1.807) is 24.3 Å². The average molecular weight is 695 g/mol. The SMILES string of the molecule is O=C(O)c1ccccc1-c1ccc(C#Cc2cc3c(cc2C#Cc2ccc(-c4ccccc4C(=O)O)cc2)C2c4ccccc4C3c3ccccc32)cc1. The molecule has 4 heteroatoms. The quantitative estimate of drug-likeness (QED) is 0.180. The maximum Gasteiger partial charge on any atom is 0.336 e. The summed E-state index contributed by atoms with van der Waals surface area (Å²) in [7, 11) is 0. The summed E-state index contributed by atoms with van der Waals surface area (Å²) in [6, 6.07) is 51.2.